The highest BCUT2D eigenvalue weighted by Gasteiger charge is 2.09. The Kier molecular flexibility index (Phi) is 5.62. The number of benzene rings is 2. The highest BCUT2D eigenvalue weighted by atomic mass is 35.5. The molecule has 5 nitrogen and oxygen atoms in total. The van der Waals surface area contributed by atoms with Crippen LogP contribution in [0.4, 0.5) is 10.8 Å². The molecule has 0 amide bonds. The summed E-state index contributed by atoms with van der Waals surface area (Å²) in [6.07, 6.45) is 1.76. The van der Waals surface area contributed by atoms with E-state index in [1.165, 1.54) is 11.9 Å². The van der Waals surface area contributed by atoms with Crippen LogP contribution in [-0.2, 0) is 0 Å². The maximum absolute atomic E-state index is 9.40. The van der Waals surface area contributed by atoms with Crippen LogP contribution in [0, 0.1) is 0 Å². The Labute approximate surface area is 181 Å². The van der Waals surface area contributed by atoms with Crippen molar-refractivity contribution in [1.29, 1.82) is 0 Å². The molecule has 8 heteroatoms. The Morgan fingerprint density at radius 1 is 1.14 bits per heavy atom. The number of rotatable bonds is 6. The zero-order valence-corrected chi connectivity index (χ0v) is 17.8. The lowest BCUT2D eigenvalue weighted by Crippen LogP contribution is -1.91. The van der Waals surface area contributed by atoms with Crippen molar-refractivity contribution < 1.29 is 5.11 Å². The lowest BCUT2D eigenvalue weighted by molar-refractivity contribution is 0.475. The Bertz CT molecular complexity index is 1190. The first-order valence-corrected chi connectivity index (χ1v) is 10.7. The summed E-state index contributed by atoms with van der Waals surface area (Å²) in [5.74, 6) is 0.233. The van der Waals surface area contributed by atoms with E-state index in [-0.39, 0.29) is 5.75 Å². The van der Waals surface area contributed by atoms with Crippen molar-refractivity contribution in [3.05, 3.63) is 72.2 Å². The molecule has 2 aromatic heterocycles. The predicted octanol–water partition coefficient (Wildman–Crippen LogP) is 6.78. The van der Waals surface area contributed by atoms with Gasteiger partial charge in [-0.25, -0.2) is 9.97 Å². The Morgan fingerprint density at radius 2 is 1.93 bits per heavy atom. The minimum atomic E-state index is 0.233. The fourth-order valence-corrected chi connectivity index (χ4v) is 4.49. The van der Waals surface area contributed by atoms with Crippen molar-refractivity contribution in [2.75, 3.05) is 10.0 Å². The lowest BCUT2D eigenvalue weighted by Gasteiger charge is -2.09. The number of allylic oxidation sites excluding steroid dienone is 1. The summed E-state index contributed by atoms with van der Waals surface area (Å²) in [4.78, 5) is 9.84. The SMILES string of the molecule is C=C(C)Nc1nc2ccc(-c3cnc(Cl)c(NSc4ccc(O)cc4)c3)cc2s1. The molecule has 0 bridgehead atoms. The van der Waals surface area contributed by atoms with E-state index < -0.39 is 0 Å². The number of hydrogen-bond donors (Lipinski definition) is 3. The van der Waals surface area contributed by atoms with Gasteiger partial charge in [0.15, 0.2) is 10.3 Å². The van der Waals surface area contributed by atoms with Crippen molar-refractivity contribution >= 4 is 55.9 Å². The molecule has 0 fully saturated rings. The number of halogens is 1. The highest BCUT2D eigenvalue weighted by molar-refractivity contribution is 8.00. The van der Waals surface area contributed by atoms with E-state index >= 15 is 0 Å². The summed E-state index contributed by atoms with van der Waals surface area (Å²) >= 11 is 9.25. The molecule has 146 valence electrons. The van der Waals surface area contributed by atoms with Gasteiger partial charge in [-0.05, 0) is 66.9 Å². The third-order valence-corrected chi connectivity index (χ3v) is 6.06. The molecule has 0 radical (unpaired) electrons. The largest absolute Gasteiger partial charge is 0.508 e. The van der Waals surface area contributed by atoms with Gasteiger partial charge in [-0.15, -0.1) is 0 Å². The molecule has 2 aromatic carbocycles. The zero-order chi connectivity index (χ0) is 20.4. The van der Waals surface area contributed by atoms with E-state index in [0.717, 1.165) is 42.8 Å². The van der Waals surface area contributed by atoms with Crippen molar-refractivity contribution in [3.8, 4) is 16.9 Å². The molecule has 0 saturated carbocycles. The molecule has 2 heterocycles. The van der Waals surface area contributed by atoms with E-state index in [0.29, 0.717) is 5.15 Å². The van der Waals surface area contributed by atoms with Crippen LogP contribution in [0.1, 0.15) is 6.92 Å². The van der Waals surface area contributed by atoms with Crippen LogP contribution in [0.15, 0.2) is 71.9 Å². The van der Waals surface area contributed by atoms with Gasteiger partial charge in [0.05, 0.1) is 15.9 Å². The van der Waals surface area contributed by atoms with Crippen molar-refractivity contribution in [3.63, 3.8) is 0 Å². The standard InChI is InChI=1S/C21H17ClN4OS2/c1-12(2)24-21-25-17-8-3-13(10-19(17)28-21)14-9-18(20(22)23-11-14)26-29-16-6-4-15(27)5-7-16/h3-11,26-27H,1H2,2H3,(H,24,25). The second kappa shape index (κ2) is 8.32. The summed E-state index contributed by atoms with van der Waals surface area (Å²) in [5, 5.41) is 13.8. The van der Waals surface area contributed by atoms with Gasteiger partial charge in [0, 0.05) is 22.4 Å². The van der Waals surface area contributed by atoms with Crippen LogP contribution in [0.3, 0.4) is 0 Å². The second-order valence-electron chi connectivity index (χ2n) is 6.37. The fourth-order valence-electron chi connectivity index (χ4n) is 2.65. The zero-order valence-electron chi connectivity index (χ0n) is 15.4. The summed E-state index contributed by atoms with van der Waals surface area (Å²) in [5.41, 5.74) is 4.49. The van der Waals surface area contributed by atoms with Gasteiger partial charge >= 0.3 is 0 Å². The minimum Gasteiger partial charge on any atom is -0.508 e. The Hall–Kier alpha value is -2.74. The molecular weight excluding hydrogens is 424 g/mol. The molecule has 0 saturated heterocycles. The van der Waals surface area contributed by atoms with Gasteiger partial charge in [-0.1, -0.05) is 35.6 Å². The fraction of sp³-hybridized carbons (Fsp3) is 0.0476. The smallest absolute Gasteiger partial charge is 0.188 e. The molecule has 0 unspecified atom stereocenters. The molecule has 3 N–H and O–H groups in total. The highest BCUT2D eigenvalue weighted by Crippen LogP contribution is 2.34. The molecule has 0 aliphatic carbocycles. The minimum absolute atomic E-state index is 0.233. The normalized spacial score (nSPS) is 10.8. The van der Waals surface area contributed by atoms with Crippen molar-refractivity contribution in [2.24, 2.45) is 0 Å². The average molecular weight is 441 g/mol. The number of aromatic nitrogens is 2. The summed E-state index contributed by atoms with van der Waals surface area (Å²) < 4.78 is 4.31. The van der Waals surface area contributed by atoms with E-state index in [1.807, 2.05) is 37.3 Å². The van der Waals surface area contributed by atoms with E-state index in [4.69, 9.17) is 11.6 Å². The number of aromatic hydroxyl groups is 1. The maximum Gasteiger partial charge on any atom is 0.188 e. The summed E-state index contributed by atoms with van der Waals surface area (Å²) in [7, 11) is 0. The van der Waals surface area contributed by atoms with Crippen LogP contribution in [0.25, 0.3) is 21.3 Å². The first-order chi connectivity index (χ1) is 14.0. The van der Waals surface area contributed by atoms with E-state index in [1.54, 1.807) is 29.7 Å². The monoisotopic (exact) mass is 440 g/mol. The van der Waals surface area contributed by atoms with Crippen LogP contribution in [-0.4, -0.2) is 15.1 Å². The number of fused-ring (bicyclic) bond motifs is 1. The van der Waals surface area contributed by atoms with Gasteiger partial charge in [-0.2, -0.15) is 0 Å². The van der Waals surface area contributed by atoms with Crippen molar-refractivity contribution in [2.45, 2.75) is 11.8 Å². The number of nitrogens with one attached hydrogen (secondary N) is 2. The second-order valence-corrected chi connectivity index (χ2v) is 8.64. The average Bonchev–Trinajstić information content (AvgIpc) is 3.09. The quantitative estimate of drug-likeness (QED) is 0.226. The summed E-state index contributed by atoms with van der Waals surface area (Å²) in [6.45, 7) is 5.77. The lowest BCUT2D eigenvalue weighted by atomic mass is 10.1. The van der Waals surface area contributed by atoms with Gasteiger partial charge in [0.25, 0.3) is 0 Å². The third kappa shape index (κ3) is 4.64. The first-order valence-electron chi connectivity index (χ1n) is 8.69. The molecule has 0 aliphatic rings. The van der Waals surface area contributed by atoms with Crippen LogP contribution in [0.5, 0.6) is 5.75 Å². The maximum atomic E-state index is 9.40. The van der Waals surface area contributed by atoms with Gasteiger partial charge in [0.1, 0.15) is 5.75 Å². The number of thiazole rings is 1. The van der Waals surface area contributed by atoms with E-state index in [2.05, 4.69) is 32.7 Å². The summed E-state index contributed by atoms with van der Waals surface area (Å²) in [6, 6.07) is 15.0. The molecule has 29 heavy (non-hydrogen) atoms. The Morgan fingerprint density at radius 3 is 2.69 bits per heavy atom. The number of anilines is 2. The molecule has 4 rings (SSSR count). The number of pyridine rings is 1. The number of hydrogen-bond acceptors (Lipinski definition) is 7. The third-order valence-electron chi connectivity index (χ3n) is 4.00. The van der Waals surface area contributed by atoms with Gasteiger partial charge in [-0.3, -0.25) is 0 Å². The molecule has 0 atom stereocenters. The number of phenols is 1. The van der Waals surface area contributed by atoms with Gasteiger partial charge in [0.2, 0.25) is 0 Å². The predicted molar refractivity (Wildman–Crippen MR) is 124 cm³/mol. The molecule has 0 aliphatic heterocycles. The molecular formula is C21H17ClN4OS2. The molecule has 0 spiro atoms. The first kappa shape index (κ1) is 19.6. The van der Waals surface area contributed by atoms with E-state index in [9.17, 15) is 5.11 Å². The van der Waals surface area contributed by atoms with Crippen molar-refractivity contribution in [1.82, 2.24) is 9.97 Å². The molecule has 4 aromatic rings. The Balaban J connectivity index is 1.58. The number of phenolic OH excluding ortho intramolecular Hbond substituents is 1. The van der Waals surface area contributed by atoms with Crippen LogP contribution < -0.4 is 10.0 Å². The number of nitrogens with zero attached hydrogens (tertiary/aromatic N) is 2. The topological polar surface area (TPSA) is 70.1 Å². The van der Waals surface area contributed by atoms with Crippen LogP contribution >= 0.6 is 34.9 Å². The van der Waals surface area contributed by atoms with Crippen LogP contribution in [0.2, 0.25) is 5.15 Å². The van der Waals surface area contributed by atoms with Gasteiger partial charge < -0.3 is 15.1 Å².